The number of carbonyl (C=O) groups excluding carboxylic acids is 1. The number of Topliss-reactive ketones (excluding diaryl/α,β-unsaturated/α-hetero) is 1. The first-order chi connectivity index (χ1) is 14.5. The van der Waals surface area contributed by atoms with Crippen molar-refractivity contribution in [2.45, 2.75) is 31.7 Å². The highest BCUT2D eigenvalue weighted by molar-refractivity contribution is 6.02. The van der Waals surface area contributed by atoms with E-state index in [2.05, 4.69) is 5.32 Å². The van der Waals surface area contributed by atoms with Gasteiger partial charge in [-0.1, -0.05) is 6.07 Å². The molecule has 0 radical (unpaired) electrons. The number of rotatable bonds is 9. The summed E-state index contributed by atoms with van der Waals surface area (Å²) in [5.41, 5.74) is 1.80. The average molecular weight is 414 g/mol. The number of ketones is 1. The van der Waals surface area contributed by atoms with Crippen molar-refractivity contribution in [1.29, 1.82) is 0 Å². The van der Waals surface area contributed by atoms with Crippen LogP contribution < -0.4 is 14.8 Å². The molecule has 0 spiro atoms. The van der Waals surface area contributed by atoms with Crippen molar-refractivity contribution in [2.75, 3.05) is 32.8 Å². The van der Waals surface area contributed by atoms with Crippen molar-refractivity contribution in [1.82, 2.24) is 0 Å². The largest absolute Gasteiger partial charge is 0.493 e. The lowest BCUT2D eigenvalue weighted by Crippen LogP contribution is -2.28. The number of nitro benzene ring substituents is 1. The van der Waals surface area contributed by atoms with Crippen molar-refractivity contribution in [3.63, 3.8) is 0 Å². The van der Waals surface area contributed by atoms with E-state index in [9.17, 15) is 14.9 Å². The zero-order valence-electron chi connectivity index (χ0n) is 17.2. The van der Waals surface area contributed by atoms with Crippen LogP contribution in [0.15, 0.2) is 36.4 Å². The molecule has 0 amide bonds. The summed E-state index contributed by atoms with van der Waals surface area (Å²) < 4.78 is 15.9. The minimum atomic E-state index is -0.483. The SMILES string of the molecule is COc1ccc(CCC(=O)c2cc([N+](=O)[O-])ccc2NC2CCOCC2)cc1OC. The predicted octanol–water partition coefficient (Wildman–Crippen LogP) is 4.02. The third-order valence-corrected chi connectivity index (χ3v) is 5.18. The predicted molar refractivity (Wildman–Crippen MR) is 113 cm³/mol. The molecule has 2 aromatic rings. The number of nitro groups is 1. The van der Waals surface area contributed by atoms with Crippen LogP contribution in [0.5, 0.6) is 11.5 Å². The van der Waals surface area contributed by atoms with E-state index < -0.39 is 4.92 Å². The molecule has 160 valence electrons. The van der Waals surface area contributed by atoms with Gasteiger partial charge in [0, 0.05) is 49.1 Å². The molecule has 3 rings (SSSR count). The summed E-state index contributed by atoms with van der Waals surface area (Å²) in [4.78, 5) is 23.7. The molecule has 0 saturated carbocycles. The molecule has 0 bridgehead atoms. The Morgan fingerprint density at radius 3 is 2.53 bits per heavy atom. The van der Waals surface area contributed by atoms with Gasteiger partial charge >= 0.3 is 0 Å². The summed E-state index contributed by atoms with van der Waals surface area (Å²) in [7, 11) is 3.13. The van der Waals surface area contributed by atoms with Crippen LogP contribution in [0.25, 0.3) is 0 Å². The third-order valence-electron chi connectivity index (χ3n) is 5.18. The molecule has 0 aliphatic carbocycles. The van der Waals surface area contributed by atoms with E-state index in [4.69, 9.17) is 14.2 Å². The van der Waals surface area contributed by atoms with Gasteiger partial charge in [0.2, 0.25) is 0 Å². The topological polar surface area (TPSA) is 99.9 Å². The second-order valence-electron chi connectivity index (χ2n) is 7.13. The van der Waals surface area contributed by atoms with Crippen LogP contribution >= 0.6 is 0 Å². The smallest absolute Gasteiger partial charge is 0.270 e. The lowest BCUT2D eigenvalue weighted by Gasteiger charge is -2.25. The van der Waals surface area contributed by atoms with Crippen LogP contribution in [0.3, 0.4) is 0 Å². The third kappa shape index (κ3) is 5.27. The molecule has 0 atom stereocenters. The normalized spacial score (nSPS) is 14.2. The maximum absolute atomic E-state index is 13.0. The van der Waals surface area contributed by atoms with Crippen molar-refractivity contribution in [3.8, 4) is 11.5 Å². The van der Waals surface area contributed by atoms with Gasteiger partial charge in [-0.15, -0.1) is 0 Å². The number of ether oxygens (including phenoxy) is 3. The lowest BCUT2D eigenvalue weighted by atomic mass is 9.99. The number of aryl methyl sites for hydroxylation is 1. The Bertz CT molecular complexity index is 908. The molecule has 2 aromatic carbocycles. The van der Waals surface area contributed by atoms with Crippen molar-refractivity contribution in [2.24, 2.45) is 0 Å². The molecule has 1 N–H and O–H groups in total. The number of anilines is 1. The Labute approximate surface area is 175 Å². The fourth-order valence-electron chi connectivity index (χ4n) is 3.49. The zero-order valence-corrected chi connectivity index (χ0v) is 17.2. The van der Waals surface area contributed by atoms with Crippen LogP contribution in [0.2, 0.25) is 0 Å². The molecule has 1 aliphatic heterocycles. The Kier molecular flexibility index (Phi) is 7.24. The Hall–Kier alpha value is -3.13. The summed E-state index contributed by atoms with van der Waals surface area (Å²) in [5, 5.41) is 14.6. The lowest BCUT2D eigenvalue weighted by molar-refractivity contribution is -0.384. The van der Waals surface area contributed by atoms with Crippen LogP contribution in [-0.4, -0.2) is 44.2 Å². The van der Waals surface area contributed by atoms with Gasteiger partial charge in [-0.05, 0) is 43.0 Å². The van der Waals surface area contributed by atoms with Crippen LogP contribution in [0, 0.1) is 10.1 Å². The first kappa shape index (κ1) is 21.6. The number of carbonyl (C=O) groups is 1. The average Bonchev–Trinajstić information content (AvgIpc) is 2.78. The van der Waals surface area contributed by atoms with E-state index in [1.165, 1.54) is 12.1 Å². The summed E-state index contributed by atoms with van der Waals surface area (Å²) in [5.74, 6) is 1.07. The van der Waals surface area contributed by atoms with Gasteiger partial charge in [-0.25, -0.2) is 0 Å². The van der Waals surface area contributed by atoms with Crippen LogP contribution in [0.4, 0.5) is 11.4 Å². The number of hydrogen-bond acceptors (Lipinski definition) is 7. The highest BCUT2D eigenvalue weighted by atomic mass is 16.6. The highest BCUT2D eigenvalue weighted by Crippen LogP contribution is 2.29. The molecular formula is C22H26N2O6. The summed E-state index contributed by atoms with van der Waals surface area (Å²) in [6.45, 7) is 1.32. The van der Waals surface area contributed by atoms with Crippen molar-refractivity contribution < 1.29 is 23.9 Å². The van der Waals surface area contributed by atoms with Gasteiger partial charge in [0.15, 0.2) is 17.3 Å². The molecule has 1 heterocycles. The summed E-state index contributed by atoms with van der Waals surface area (Å²) >= 11 is 0. The van der Waals surface area contributed by atoms with Gasteiger partial charge in [0.05, 0.1) is 19.1 Å². The van der Waals surface area contributed by atoms with Gasteiger partial charge in [0.25, 0.3) is 5.69 Å². The molecule has 30 heavy (non-hydrogen) atoms. The second-order valence-corrected chi connectivity index (χ2v) is 7.13. The molecule has 0 unspecified atom stereocenters. The molecule has 1 fully saturated rings. The number of hydrogen-bond donors (Lipinski definition) is 1. The minimum Gasteiger partial charge on any atom is -0.493 e. The zero-order chi connectivity index (χ0) is 21.5. The fraction of sp³-hybridized carbons (Fsp3) is 0.409. The number of benzene rings is 2. The monoisotopic (exact) mass is 414 g/mol. The van der Waals surface area contributed by atoms with Crippen molar-refractivity contribution in [3.05, 3.63) is 57.6 Å². The first-order valence-corrected chi connectivity index (χ1v) is 9.88. The maximum atomic E-state index is 13.0. The van der Waals surface area contributed by atoms with Gasteiger partial charge < -0.3 is 19.5 Å². The fourth-order valence-corrected chi connectivity index (χ4v) is 3.49. The number of nitrogens with zero attached hydrogens (tertiary/aromatic N) is 1. The Balaban J connectivity index is 1.77. The van der Waals surface area contributed by atoms with Crippen molar-refractivity contribution >= 4 is 17.2 Å². The van der Waals surface area contributed by atoms with E-state index in [1.54, 1.807) is 26.4 Å². The maximum Gasteiger partial charge on any atom is 0.270 e. The number of nitrogens with one attached hydrogen (secondary N) is 1. The number of non-ortho nitro benzene ring substituents is 1. The number of methoxy groups -OCH3 is 2. The molecule has 1 aliphatic rings. The second kappa shape index (κ2) is 10.1. The van der Waals surface area contributed by atoms with E-state index in [1.807, 2.05) is 12.1 Å². The summed E-state index contributed by atoms with van der Waals surface area (Å²) in [6, 6.07) is 10.1. The standard InChI is InChI=1S/C22H26N2O6/c1-28-21-8-4-15(13-22(21)29-2)3-7-20(25)18-14-17(24(26)27)5-6-19(18)23-16-9-11-30-12-10-16/h4-6,8,13-14,16,23H,3,7,9-12H2,1-2H3. The van der Waals surface area contributed by atoms with E-state index in [-0.39, 0.29) is 23.9 Å². The van der Waals surface area contributed by atoms with E-state index >= 15 is 0 Å². The Morgan fingerprint density at radius 1 is 1.13 bits per heavy atom. The summed E-state index contributed by atoms with van der Waals surface area (Å²) in [6.07, 6.45) is 2.37. The molecule has 8 nitrogen and oxygen atoms in total. The molecule has 1 saturated heterocycles. The molecular weight excluding hydrogens is 388 g/mol. The van der Waals surface area contributed by atoms with Gasteiger partial charge in [0.1, 0.15) is 0 Å². The quantitative estimate of drug-likeness (QED) is 0.376. The minimum absolute atomic E-state index is 0.0954. The van der Waals surface area contributed by atoms with E-state index in [0.717, 1.165) is 18.4 Å². The van der Waals surface area contributed by atoms with Crippen LogP contribution in [0.1, 0.15) is 35.2 Å². The van der Waals surface area contributed by atoms with Gasteiger partial charge in [-0.3, -0.25) is 14.9 Å². The highest BCUT2D eigenvalue weighted by Gasteiger charge is 2.20. The molecule has 8 heteroatoms. The molecule has 0 aromatic heterocycles. The van der Waals surface area contributed by atoms with Crippen LogP contribution in [-0.2, 0) is 11.2 Å². The first-order valence-electron chi connectivity index (χ1n) is 9.88. The Morgan fingerprint density at radius 2 is 1.87 bits per heavy atom. The van der Waals surface area contributed by atoms with Gasteiger partial charge in [-0.2, -0.15) is 0 Å². The van der Waals surface area contributed by atoms with E-state index in [0.29, 0.717) is 42.4 Å².